The molecule has 0 bridgehead atoms. The monoisotopic (exact) mass is 437 g/mol. The maximum Gasteiger partial charge on any atom is 0.259 e. The van der Waals surface area contributed by atoms with Crippen LogP contribution in [0.3, 0.4) is 0 Å². The van der Waals surface area contributed by atoms with Crippen molar-refractivity contribution in [2.75, 3.05) is 13.1 Å². The SMILES string of the molecule is O=C(c1cnn2c1nnc1ccc(/N=N/c3cc(F)c(O)cc3F)cc12)N1CCCCC1. The molecule has 1 fully saturated rings. The fraction of sp³-hybridized carbons (Fsp3) is 0.238. The van der Waals surface area contributed by atoms with Crippen molar-refractivity contribution in [1.29, 1.82) is 0 Å². The highest BCUT2D eigenvalue weighted by Gasteiger charge is 2.23. The van der Waals surface area contributed by atoms with Gasteiger partial charge in [0.05, 0.1) is 17.4 Å². The molecule has 0 atom stereocenters. The van der Waals surface area contributed by atoms with Crippen molar-refractivity contribution < 1.29 is 18.7 Å². The summed E-state index contributed by atoms with van der Waals surface area (Å²) in [4.78, 5) is 14.7. The van der Waals surface area contributed by atoms with E-state index in [9.17, 15) is 18.7 Å². The van der Waals surface area contributed by atoms with Gasteiger partial charge in [0.2, 0.25) is 0 Å². The Morgan fingerprint density at radius 3 is 2.62 bits per heavy atom. The van der Waals surface area contributed by atoms with Gasteiger partial charge in [-0.1, -0.05) is 0 Å². The van der Waals surface area contributed by atoms with Crippen LogP contribution in [0.25, 0.3) is 16.7 Å². The number of aromatic hydroxyl groups is 1. The summed E-state index contributed by atoms with van der Waals surface area (Å²) >= 11 is 0. The lowest BCUT2D eigenvalue weighted by Gasteiger charge is -2.26. The van der Waals surface area contributed by atoms with E-state index in [2.05, 4.69) is 25.5 Å². The van der Waals surface area contributed by atoms with Crippen molar-refractivity contribution >= 4 is 34.0 Å². The summed E-state index contributed by atoms with van der Waals surface area (Å²) in [6.07, 6.45) is 4.53. The van der Waals surface area contributed by atoms with E-state index in [4.69, 9.17) is 0 Å². The number of nitrogens with zero attached hydrogens (tertiary/aromatic N) is 7. The standard InChI is InChI=1S/C21H17F2N7O2/c22-14-10-19(31)15(23)9-17(14)27-25-12-4-5-16-18(8-12)30-20(28-26-16)13(11-24-30)21(32)29-6-2-1-3-7-29/h4-5,8-11,31H,1-3,6-7H2/b27-25+. The zero-order chi connectivity index (χ0) is 22.2. The second kappa shape index (κ2) is 7.91. The minimum atomic E-state index is -1.00. The number of amides is 1. The van der Waals surface area contributed by atoms with E-state index in [1.807, 2.05) is 0 Å². The first kappa shape index (κ1) is 19.9. The Balaban J connectivity index is 1.52. The quantitative estimate of drug-likeness (QED) is 0.481. The molecule has 3 heterocycles. The van der Waals surface area contributed by atoms with Crippen molar-refractivity contribution in [1.82, 2.24) is 24.7 Å². The Hall–Kier alpha value is -4.02. The summed E-state index contributed by atoms with van der Waals surface area (Å²) < 4.78 is 28.9. The van der Waals surface area contributed by atoms with Gasteiger partial charge in [0.15, 0.2) is 23.0 Å². The fourth-order valence-electron chi connectivity index (χ4n) is 3.68. The van der Waals surface area contributed by atoms with E-state index in [1.165, 1.54) is 10.7 Å². The summed E-state index contributed by atoms with van der Waals surface area (Å²) in [7, 11) is 0. The summed E-state index contributed by atoms with van der Waals surface area (Å²) in [6, 6.07) is 6.22. The third-order valence-corrected chi connectivity index (χ3v) is 5.35. The molecule has 1 amide bonds. The first-order valence-electron chi connectivity index (χ1n) is 10.0. The van der Waals surface area contributed by atoms with E-state index in [1.54, 1.807) is 23.1 Å². The molecule has 0 spiro atoms. The van der Waals surface area contributed by atoms with Gasteiger partial charge in [-0.3, -0.25) is 4.79 Å². The number of benzene rings is 2. The number of fused-ring (bicyclic) bond motifs is 3. The van der Waals surface area contributed by atoms with Crippen LogP contribution < -0.4 is 0 Å². The smallest absolute Gasteiger partial charge is 0.259 e. The Kier molecular flexibility index (Phi) is 4.92. The summed E-state index contributed by atoms with van der Waals surface area (Å²) in [5.41, 5.74) is 1.72. The van der Waals surface area contributed by atoms with Crippen LogP contribution in [0.4, 0.5) is 20.2 Å². The van der Waals surface area contributed by atoms with E-state index in [-0.39, 0.29) is 11.6 Å². The minimum absolute atomic E-state index is 0.131. The molecule has 4 aromatic rings. The van der Waals surface area contributed by atoms with Crippen LogP contribution >= 0.6 is 0 Å². The Morgan fingerprint density at radius 2 is 1.81 bits per heavy atom. The maximum atomic E-state index is 13.9. The molecule has 11 heteroatoms. The van der Waals surface area contributed by atoms with Gasteiger partial charge in [-0.2, -0.15) is 10.2 Å². The zero-order valence-electron chi connectivity index (χ0n) is 16.7. The molecule has 2 aromatic carbocycles. The molecular formula is C21H17F2N7O2. The van der Waals surface area contributed by atoms with Gasteiger partial charge in [0.25, 0.3) is 5.91 Å². The number of likely N-dealkylation sites (tertiary alicyclic amines) is 1. The summed E-state index contributed by atoms with van der Waals surface area (Å²) in [5, 5.41) is 29.6. The number of azo groups is 1. The molecule has 0 radical (unpaired) electrons. The number of phenols is 1. The second-order valence-corrected chi connectivity index (χ2v) is 7.47. The van der Waals surface area contributed by atoms with E-state index in [0.29, 0.717) is 47.1 Å². The highest BCUT2D eigenvalue weighted by Crippen LogP contribution is 2.28. The summed E-state index contributed by atoms with van der Waals surface area (Å²) in [6.45, 7) is 1.41. The molecule has 0 saturated carbocycles. The number of rotatable bonds is 3. The van der Waals surface area contributed by atoms with Gasteiger partial charge >= 0.3 is 0 Å². The van der Waals surface area contributed by atoms with Crippen LogP contribution in [0, 0.1) is 11.6 Å². The fourth-order valence-corrected chi connectivity index (χ4v) is 3.68. The molecule has 0 unspecified atom stereocenters. The number of hydrogen-bond donors (Lipinski definition) is 1. The predicted molar refractivity (Wildman–Crippen MR) is 110 cm³/mol. The van der Waals surface area contributed by atoms with Crippen molar-refractivity contribution in [3.05, 3.63) is 53.7 Å². The number of halogens is 2. The van der Waals surface area contributed by atoms with Gasteiger partial charge in [-0.25, -0.2) is 13.3 Å². The van der Waals surface area contributed by atoms with Crippen LogP contribution in [0.1, 0.15) is 29.6 Å². The van der Waals surface area contributed by atoms with Crippen molar-refractivity contribution in [3.8, 4) is 5.75 Å². The van der Waals surface area contributed by atoms with Crippen molar-refractivity contribution in [2.24, 2.45) is 10.2 Å². The molecule has 1 saturated heterocycles. The number of carbonyl (C=O) groups is 1. The average molecular weight is 437 g/mol. The molecule has 2 aromatic heterocycles. The van der Waals surface area contributed by atoms with Gasteiger partial charge < -0.3 is 10.0 Å². The highest BCUT2D eigenvalue weighted by molar-refractivity contribution is 6.00. The largest absolute Gasteiger partial charge is 0.505 e. The topological polar surface area (TPSA) is 108 Å². The second-order valence-electron chi connectivity index (χ2n) is 7.47. The Labute approximate surface area is 180 Å². The Morgan fingerprint density at radius 1 is 1.00 bits per heavy atom. The zero-order valence-corrected chi connectivity index (χ0v) is 16.7. The molecule has 9 nitrogen and oxygen atoms in total. The third kappa shape index (κ3) is 3.51. The average Bonchev–Trinajstić information content (AvgIpc) is 3.25. The molecule has 1 N–H and O–H groups in total. The van der Waals surface area contributed by atoms with Gasteiger partial charge in [-0.05, 0) is 37.5 Å². The van der Waals surface area contributed by atoms with Gasteiger partial charge in [0.1, 0.15) is 16.8 Å². The van der Waals surface area contributed by atoms with Crippen LogP contribution in [-0.2, 0) is 0 Å². The van der Waals surface area contributed by atoms with E-state index in [0.717, 1.165) is 25.3 Å². The van der Waals surface area contributed by atoms with Crippen LogP contribution in [0.2, 0.25) is 0 Å². The van der Waals surface area contributed by atoms with Crippen LogP contribution in [0.5, 0.6) is 5.75 Å². The van der Waals surface area contributed by atoms with E-state index < -0.39 is 17.4 Å². The van der Waals surface area contributed by atoms with Crippen molar-refractivity contribution in [3.63, 3.8) is 0 Å². The number of phenolic OH excluding ortho intramolecular Hbond substituents is 1. The molecule has 0 aliphatic carbocycles. The lowest BCUT2D eigenvalue weighted by molar-refractivity contribution is 0.0726. The molecule has 32 heavy (non-hydrogen) atoms. The maximum absolute atomic E-state index is 13.9. The number of piperidine rings is 1. The normalized spacial score (nSPS) is 14.6. The van der Waals surface area contributed by atoms with Crippen molar-refractivity contribution in [2.45, 2.75) is 19.3 Å². The molecule has 162 valence electrons. The third-order valence-electron chi connectivity index (χ3n) is 5.35. The van der Waals surface area contributed by atoms with Gasteiger partial charge in [0, 0.05) is 25.2 Å². The van der Waals surface area contributed by atoms with Crippen LogP contribution in [0.15, 0.2) is 46.8 Å². The number of hydrogen-bond acceptors (Lipinski definition) is 7. The first-order valence-corrected chi connectivity index (χ1v) is 10.0. The molecular weight excluding hydrogens is 420 g/mol. The Bertz CT molecular complexity index is 1380. The lowest BCUT2D eigenvalue weighted by Crippen LogP contribution is -2.35. The highest BCUT2D eigenvalue weighted by atomic mass is 19.1. The van der Waals surface area contributed by atoms with Crippen LogP contribution in [-0.4, -0.2) is 48.8 Å². The lowest BCUT2D eigenvalue weighted by atomic mass is 10.1. The molecule has 1 aliphatic heterocycles. The number of aromatic nitrogens is 4. The minimum Gasteiger partial charge on any atom is -0.505 e. The number of carbonyl (C=O) groups excluding carboxylic acids is 1. The predicted octanol–water partition coefficient (Wildman–Crippen LogP) is 4.30. The van der Waals surface area contributed by atoms with E-state index >= 15 is 0 Å². The molecule has 5 rings (SSSR count). The van der Waals surface area contributed by atoms with Gasteiger partial charge in [-0.15, -0.1) is 15.3 Å². The molecule has 1 aliphatic rings. The first-order chi connectivity index (χ1) is 15.5. The summed E-state index contributed by atoms with van der Waals surface area (Å²) in [5.74, 6) is -2.84.